The van der Waals surface area contributed by atoms with Gasteiger partial charge in [-0.05, 0) is 48.7 Å². The van der Waals surface area contributed by atoms with E-state index in [0.717, 1.165) is 18.4 Å². The van der Waals surface area contributed by atoms with E-state index in [4.69, 9.17) is 21.4 Å². The zero-order chi connectivity index (χ0) is 18.7. The van der Waals surface area contributed by atoms with Gasteiger partial charge < -0.3 is 15.2 Å². The Labute approximate surface area is 154 Å². The average Bonchev–Trinajstić information content (AvgIpc) is 3.39. The third-order valence-electron chi connectivity index (χ3n) is 4.40. The fourth-order valence-electron chi connectivity index (χ4n) is 2.84. The van der Waals surface area contributed by atoms with Gasteiger partial charge in [-0.2, -0.15) is 0 Å². The molecule has 2 N–H and O–H groups in total. The first-order valence-electron chi connectivity index (χ1n) is 8.08. The van der Waals surface area contributed by atoms with Crippen LogP contribution in [-0.4, -0.2) is 30.1 Å². The topological polar surface area (TPSA) is 75.6 Å². The van der Waals surface area contributed by atoms with Crippen LogP contribution in [0.15, 0.2) is 42.5 Å². The van der Waals surface area contributed by atoms with Gasteiger partial charge in [-0.1, -0.05) is 23.7 Å². The van der Waals surface area contributed by atoms with Crippen LogP contribution in [0.25, 0.3) is 0 Å². The van der Waals surface area contributed by atoms with Crippen LogP contribution in [0.2, 0.25) is 5.02 Å². The quantitative estimate of drug-likeness (QED) is 0.775. The molecule has 0 bridgehead atoms. The Kier molecular flexibility index (Phi) is 5.13. The zero-order valence-corrected chi connectivity index (χ0v) is 14.6. The lowest BCUT2D eigenvalue weighted by molar-refractivity contribution is -0.139. The molecule has 1 saturated carbocycles. The zero-order valence-electron chi connectivity index (χ0n) is 13.8. The van der Waals surface area contributed by atoms with E-state index < -0.39 is 18.4 Å². The third kappa shape index (κ3) is 4.14. The number of rotatable bonds is 7. The van der Waals surface area contributed by atoms with E-state index in [9.17, 15) is 14.0 Å². The van der Waals surface area contributed by atoms with Crippen LogP contribution >= 0.6 is 11.6 Å². The number of carboxylic acid groups (broad SMARTS) is 1. The van der Waals surface area contributed by atoms with Gasteiger partial charge in [-0.15, -0.1) is 0 Å². The van der Waals surface area contributed by atoms with Crippen LogP contribution in [0.5, 0.6) is 5.75 Å². The predicted molar refractivity (Wildman–Crippen MR) is 94.2 cm³/mol. The molecule has 2 aromatic rings. The monoisotopic (exact) mass is 377 g/mol. The van der Waals surface area contributed by atoms with E-state index in [1.165, 1.54) is 18.2 Å². The van der Waals surface area contributed by atoms with Gasteiger partial charge in [0.15, 0.2) is 6.61 Å². The minimum absolute atomic E-state index is 0.266. The second kappa shape index (κ2) is 7.33. The number of amides is 1. The number of ether oxygens (including phenoxy) is 1. The second-order valence-electron chi connectivity index (χ2n) is 6.30. The van der Waals surface area contributed by atoms with Crippen LogP contribution in [0.4, 0.5) is 4.39 Å². The van der Waals surface area contributed by atoms with Crippen LogP contribution in [0, 0.1) is 5.82 Å². The average molecular weight is 378 g/mol. The summed E-state index contributed by atoms with van der Waals surface area (Å²) in [6.07, 6.45) is 1.72. The molecule has 0 aromatic heterocycles. The maximum Gasteiger partial charge on any atom is 0.341 e. The van der Waals surface area contributed by atoms with E-state index in [-0.39, 0.29) is 11.3 Å². The summed E-state index contributed by atoms with van der Waals surface area (Å²) in [6, 6.07) is 10.6. The summed E-state index contributed by atoms with van der Waals surface area (Å²) >= 11 is 6.15. The van der Waals surface area contributed by atoms with E-state index in [1.807, 2.05) is 0 Å². The molecule has 3 rings (SSSR count). The SMILES string of the molecule is O=C(O)COc1cccc(C(=O)NCC2(c3ccc(F)cc3Cl)CC2)c1. The summed E-state index contributed by atoms with van der Waals surface area (Å²) in [7, 11) is 0. The van der Waals surface area contributed by atoms with Gasteiger partial charge >= 0.3 is 5.97 Å². The minimum Gasteiger partial charge on any atom is -0.482 e. The number of hydrogen-bond donors (Lipinski definition) is 2. The van der Waals surface area contributed by atoms with Crippen LogP contribution in [0.1, 0.15) is 28.8 Å². The van der Waals surface area contributed by atoms with Crippen molar-refractivity contribution in [3.63, 3.8) is 0 Å². The molecule has 0 saturated heterocycles. The molecule has 1 amide bonds. The molecule has 7 heteroatoms. The molecule has 5 nitrogen and oxygen atoms in total. The first kappa shape index (κ1) is 18.2. The lowest BCUT2D eigenvalue weighted by Gasteiger charge is -2.18. The minimum atomic E-state index is -1.09. The predicted octanol–water partition coefficient (Wildman–Crippen LogP) is 3.40. The van der Waals surface area contributed by atoms with E-state index in [0.29, 0.717) is 22.9 Å². The van der Waals surface area contributed by atoms with Crippen molar-refractivity contribution in [2.24, 2.45) is 0 Å². The van der Waals surface area contributed by atoms with Crippen molar-refractivity contribution >= 4 is 23.5 Å². The largest absolute Gasteiger partial charge is 0.482 e. The van der Waals surface area contributed by atoms with Crippen molar-refractivity contribution in [3.05, 3.63) is 64.4 Å². The summed E-state index contributed by atoms with van der Waals surface area (Å²) < 4.78 is 18.3. The molecular weight excluding hydrogens is 361 g/mol. The highest BCUT2D eigenvalue weighted by molar-refractivity contribution is 6.31. The molecule has 26 heavy (non-hydrogen) atoms. The van der Waals surface area contributed by atoms with Crippen LogP contribution in [-0.2, 0) is 10.2 Å². The molecule has 0 unspecified atom stereocenters. The summed E-state index contributed by atoms with van der Waals surface area (Å²) in [6.45, 7) is -0.0886. The molecule has 0 aliphatic heterocycles. The summed E-state index contributed by atoms with van der Waals surface area (Å²) in [5.74, 6) is -1.47. The fraction of sp³-hybridized carbons (Fsp3) is 0.263. The normalized spacial score (nSPS) is 14.5. The van der Waals surface area contributed by atoms with Crippen LogP contribution < -0.4 is 10.1 Å². The number of nitrogens with one attached hydrogen (secondary N) is 1. The maximum atomic E-state index is 13.2. The van der Waals surface area contributed by atoms with Gasteiger partial charge in [0.2, 0.25) is 0 Å². The molecule has 2 aromatic carbocycles. The van der Waals surface area contributed by atoms with Crippen molar-refractivity contribution in [2.45, 2.75) is 18.3 Å². The first-order valence-corrected chi connectivity index (χ1v) is 8.46. The highest BCUT2D eigenvalue weighted by Crippen LogP contribution is 2.50. The highest BCUT2D eigenvalue weighted by Gasteiger charge is 2.45. The van der Waals surface area contributed by atoms with Gasteiger partial charge in [-0.25, -0.2) is 9.18 Å². The molecule has 1 aliphatic rings. The molecule has 0 atom stereocenters. The third-order valence-corrected chi connectivity index (χ3v) is 4.71. The van der Waals surface area contributed by atoms with E-state index in [2.05, 4.69) is 5.32 Å². The van der Waals surface area contributed by atoms with Gasteiger partial charge in [0.05, 0.1) is 0 Å². The molecular formula is C19H17ClFNO4. The van der Waals surface area contributed by atoms with Gasteiger partial charge in [0.25, 0.3) is 5.91 Å². The summed E-state index contributed by atoms with van der Waals surface area (Å²) in [5.41, 5.74) is 0.936. The number of carboxylic acids is 1. The Morgan fingerprint density at radius 2 is 2.00 bits per heavy atom. The number of aliphatic carboxylic acids is 1. The lowest BCUT2D eigenvalue weighted by Crippen LogP contribution is -2.32. The van der Waals surface area contributed by atoms with Crippen molar-refractivity contribution < 1.29 is 23.8 Å². The Bertz CT molecular complexity index is 851. The Hall–Kier alpha value is -2.60. The number of halogens is 2. The second-order valence-corrected chi connectivity index (χ2v) is 6.70. The summed E-state index contributed by atoms with van der Waals surface area (Å²) in [4.78, 5) is 23.0. The van der Waals surface area contributed by atoms with Gasteiger partial charge in [0, 0.05) is 22.5 Å². The highest BCUT2D eigenvalue weighted by atomic mass is 35.5. The van der Waals surface area contributed by atoms with Crippen molar-refractivity contribution in [1.82, 2.24) is 5.32 Å². The number of benzene rings is 2. The fourth-order valence-corrected chi connectivity index (χ4v) is 3.20. The first-order chi connectivity index (χ1) is 12.4. The maximum absolute atomic E-state index is 13.2. The van der Waals surface area contributed by atoms with Gasteiger partial charge in [-0.3, -0.25) is 4.79 Å². The number of carbonyl (C=O) groups excluding carboxylic acids is 1. The molecule has 1 fully saturated rings. The van der Waals surface area contributed by atoms with Crippen molar-refractivity contribution in [1.29, 1.82) is 0 Å². The Balaban J connectivity index is 1.65. The number of carbonyl (C=O) groups is 2. The van der Waals surface area contributed by atoms with Gasteiger partial charge in [0.1, 0.15) is 11.6 Å². The molecule has 1 aliphatic carbocycles. The smallest absolute Gasteiger partial charge is 0.341 e. The van der Waals surface area contributed by atoms with Crippen molar-refractivity contribution in [2.75, 3.05) is 13.2 Å². The van der Waals surface area contributed by atoms with E-state index >= 15 is 0 Å². The molecule has 0 spiro atoms. The van der Waals surface area contributed by atoms with Crippen LogP contribution in [0.3, 0.4) is 0 Å². The summed E-state index contributed by atoms with van der Waals surface area (Å²) in [5, 5.41) is 11.9. The molecule has 0 radical (unpaired) electrons. The molecule has 136 valence electrons. The Morgan fingerprint density at radius 3 is 2.65 bits per heavy atom. The Morgan fingerprint density at radius 1 is 1.23 bits per heavy atom. The number of hydrogen-bond acceptors (Lipinski definition) is 3. The van der Waals surface area contributed by atoms with Crippen molar-refractivity contribution in [3.8, 4) is 5.75 Å². The standard InChI is InChI=1S/C19H17ClFNO4/c20-16-9-13(21)4-5-15(16)19(6-7-19)11-22-18(25)12-2-1-3-14(8-12)26-10-17(23)24/h1-5,8-9H,6-7,10-11H2,(H,22,25)(H,23,24). The molecule has 0 heterocycles. The van der Waals surface area contributed by atoms with E-state index in [1.54, 1.807) is 24.3 Å². The lowest BCUT2D eigenvalue weighted by atomic mass is 9.95.